The number of amides is 1. The summed E-state index contributed by atoms with van der Waals surface area (Å²) in [4.78, 5) is 16.7. The van der Waals surface area contributed by atoms with Gasteiger partial charge in [-0.2, -0.15) is 0 Å². The maximum absolute atomic E-state index is 11.9. The van der Waals surface area contributed by atoms with Crippen LogP contribution in [0.1, 0.15) is 58.9 Å². The van der Waals surface area contributed by atoms with Crippen molar-refractivity contribution in [3.05, 3.63) is 29.8 Å². The summed E-state index contributed by atoms with van der Waals surface area (Å²) in [7, 11) is 1.77. The fraction of sp³-hybridized carbons (Fsp3) is 0.667. The van der Waals surface area contributed by atoms with E-state index >= 15 is 0 Å². The third-order valence-corrected chi connectivity index (χ3v) is 5.47. The number of guanidine groups is 1. The van der Waals surface area contributed by atoms with Crippen molar-refractivity contribution in [2.45, 2.75) is 65.4 Å². The molecule has 31 heavy (non-hydrogen) atoms. The van der Waals surface area contributed by atoms with Gasteiger partial charge in [0.2, 0.25) is 0 Å². The summed E-state index contributed by atoms with van der Waals surface area (Å²) >= 11 is 0. The van der Waals surface area contributed by atoms with Gasteiger partial charge in [0.1, 0.15) is 5.60 Å². The molecule has 0 bridgehead atoms. The lowest BCUT2D eigenvalue weighted by atomic mass is 9.67. The largest absolute Gasteiger partial charge is 0.444 e. The Hall–Kier alpha value is -2.28. The lowest BCUT2D eigenvalue weighted by molar-refractivity contribution is 0.0636. The van der Waals surface area contributed by atoms with Crippen LogP contribution in [-0.2, 0) is 15.9 Å². The summed E-state index contributed by atoms with van der Waals surface area (Å²) in [5.74, 6) is 0.870. The van der Waals surface area contributed by atoms with E-state index in [0.717, 1.165) is 50.7 Å². The van der Waals surface area contributed by atoms with E-state index in [0.29, 0.717) is 5.41 Å². The SMILES string of the molecule is CCNC(=NCC1(CCOC)CCC1)NCCc1ccc(NC(=O)OC(C)(C)C)cc1. The van der Waals surface area contributed by atoms with Crippen molar-refractivity contribution < 1.29 is 14.3 Å². The number of nitrogens with one attached hydrogen (secondary N) is 3. The Morgan fingerprint density at radius 2 is 1.87 bits per heavy atom. The van der Waals surface area contributed by atoms with Crippen LogP contribution in [0, 0.1) is 5.41 Å². The van der Waals surface area contributed by atoms with Crippen molar-refractivity contribution in [3.8, 4) is 0 Å². The number of rotatable bonds is 10. The van der Waals surface area contributed by atoms with E-state index in [2.05, 4.69) is 22.9 Å². The predicted octanol–water partition coefficient (Wildman–Crippen LogP) is 4.34. The molecule has 0 aromatic heterocycles. The Morgan fingerprint density at radius 3 is 2.42 bits per heavy atom. The fourth-order valence-electron chi connectivity index (χ4n) is 3.57. The highest BCUT2D eigenvalue weighted by atomic mass is 16.6. The molecule has 0 unspecified atom stereocenters. The van der Waals surface area contributed by atoms with Crippen LogP contribution in [0.2, 0.25) is 0 Å². The zero-order chi connectivity index (χ0) is 22.7. The predicted molar refractivity (Wildman–Crippen MR) is 127 cm³/mol. The zero-order valence-electron chi connectivity index (χ0n) is 19.8. The second kappa shape index (κ2) is 11.9. The second-order valence-electron chi connectivity index (χ2n) is 9.29. The third-order valence-electron chi connectivity index (χ3n) is 5.47. The van der Waals surface area contributed by atoms with Gasteiger partial charge < -0.3 is 20.1 Å². The summed E-state index contributed by atoms with van der Waals surface area (Å²) in [6, 6.07) is 7.84. The van der Waals surface area contributed by atoms with Crippen molar-refractivity contribution in [1.82, 2.24) is 10.6 Å². The Morgan fingerprint density at radius 1 is 1.16 bits per heavy atom. The van der Waals surface area contributed by atoms with Gasteiger partial charge in [0, 0.05) is 39.0 Å². The first-order chi connectivity index (χ1) is 14.8. The van der Waals surface area contributed by atoms with E-state index in [9.17, 15) is 4.79 Å². The maximum atomic E-state index is 11.9. The van der Waals surface area contributed by atoms with E-state index in [1.807, 2.05) is 45.0 Å². The smallest absolute Gasteiger partial charge is 0.412 e. The van der Waals surface area contributed by atoms with E-state index in [1.165, 1.54) is 24.8 Å². The van der Waals surface area contributed by atoms with Crippen LogP contribution in [0.4, 0.5) is 10.5 Å². The number of ether oxygens (including phenoxy) is 2. The maximum Gasteiger partial charge on any atom is 0.412 e. The Kier molecular flexibility index (Phi) is 9.62. The first-order valence-electron chi connectivity index (χ1n) is 11.4. The van der Waals surface area contributed by atoms with Crippen molar-refractivity contribution in [2.24, 2.45) is 10.4 Å². The quantitative estimate of drug-likeness (QED) is 0.378. The molecular formula is C24H40N4O3. The molecule has 0 spiro atoms. The number of carbonyl (C=O) groups is 1. The van der Waals surface area contributed by atoms with Gasteiger partial charge in [-0.3, -0.25) is 10.3 Å². The van der Waals surface area contributed by atoms with Gasteiger partial charge in [-0.25, -0.2) is 4.79 Å². The number of methoxy groups -OCH3 is 1. The molecule has 0 aliphatic heterocycles. The molecule has 1 aliphatic rings. The summed E-state index contributed by atoms with van der Waals surface area (Å²) in [5, 5.41) is 9.54. The number of hydrogen-bond donors (Lipinski definition) is 3. The van der Waals surface area contributed by atoms with Crippen molar-refractivity contribution >= 4 is 17.7 Å². The number of hydrogen-bond acceptors (Lipinski definition) is 4. The van der Waals surface area contributed by atoms with Crippen LogP contribution in [0.15, 0.2) is 29.3 Å². The highest BCUT2D eigenvalue weighted by Gasteiger charge is 2.36. The Bertz CT molecular complexity index is 707. The molecule has 3 N–H and O–H groups in total. The van der Waals surface area contributed by atoms with Crippen LogP contribution in [-0.4, -0.2) is 51.0 Å². The summed E-state index contributed by atoms with van der Waals surface area (Å²) < 4.78 is 10.6. The Labute approximate surface area is 187 Å². The summed E-state index contributed by atoms with van der Waals surface area (Å²) in [6.07, 6.45) is 5.28. The number of aliphatic imine (C=N–C) groups is 1. The summed E-state index contributed by atoms with van der Waals surface area (Å²) in [6.45, 7) is 10.9. The number of benzene rings is 1. The lowest BCUT2D eigenvalue weighted by Gasteiger charge is -2.40. The fourth-order valence-corrected chi connectivity index (χ4v) is 3.57. The third kappa shape index (κ3) is 9.17. The standard InChI is InChI=1S/C24H40N4O3/c1-6-25-21(27-18-24(13-7-14-24)15-17-30-5)26-16-12-19-8-10-20(11-9-19)28-22(29)31-23(2,3)4/h8-11H,6-7,12-18H2,1-5H3,(H,28,29)(H2,25,26,27). The molecule has 7 heteroatoms. The average molecular weight is 433 g/mol. The number of carbonyl (C=O) groups excluding carboxylic acids is 1. The Balaban J connectivity index is 1.80. The molecular weight excluding hydrogens is 392 g/mol. The summed E-state index contributed by atoms with van der Waals surface area (Å²) in [5.41, 5.74) is 1.72. The van der Waals surface area contributed by atoms with Gasteiger partial charge in [-0.1, -0.05) is 18.6 Å². The van der Waals surface area contributed by atoms with E-state index < -0.39 is 11.7 Å². The first-order valence-corrected chi connectivity index (χ1v) is 11.4. The van der Waals surface area contributed by atoms with Crippen molar-refractivity contribution in [2.75, 3.05) is 38.7 Å². The van der Waals surface area contributed by atoms with Crippen LogP contribution in [0.5, 0.6) is 0 Å². The van der Waals surface area contributed by atoms with Crippen LogP contribution in [0.25, 0.3) is 0 Å². The molecule has 1 aromatic rings. The molecule has 1 saturated carbocycles. The molecule has 2 rings (SSSR count). The lowest BCUT2D eigenvalue weighted by Crippen LogP contribution is -2.41. The number of anilines is 1. The molecule has 1 amide bonds. The van der Waals surface area contributed by atoms with Crippen LogP contribution in [0.3, 0.4) is 0 Å². The minimum atomic E-state index is -0.510. The van der Waals surface area contributed by atoms with Gasteiger partial charge in [-0.15, -0.1) is 0 Å². The van der Waals surface area contributed by atoms with Crippen molar-refractivity contribution in [1.29, 1.82) is 0 Å². The first kappa shape index (κ1) is 25.0. The second-order valence-corrected chi connectivity index (χ2v) is 9.29. The zero-order valence-corrected chi connectivity index (χ0v) is 19.8. The normalized spacial score (nSPS) is 15.7. The van der Waals surface area contributed by atoms with E-state index in [4.69, 9.17) is 14.5 Å². The van der Waals surface area contributed by atoms with Gasteiger partial charge in [-0.05, 0) is 76.5 Å². The molecule has 0 heterocycles. The van der Waals surface area contributed by atoms with E-state index in [-0.39, 0.29) is 0 Å². The molecule has 1 fully saturated rings. The molecule has 7 nitrogen and oxygen atoms in total. The molecule has 0 radical (unpaired) electrons. The molecule has 1 aliphatic carbocycles. The molecule has 174 valence electrons. The van der Waals surface area contributed by atoms with Gasteiger partial charge in [0.05, 0.1) is 0 Å². The topological polar surface area (TPSA) is 84.0 Å². The highest BCUT2D eigenvalue weighted by Crippen LogP contribution is 2.44. The molecule has 1 aromatic carbocycles. The minimum absolute atomic E-state index is 0.315. The average Bonchev–Trinajstić information content (AvgIpc) is 2.66. The molecule has 0 saturated heterocycles. The van der Waals surface area contributed by atoms with Crippen LogP contribution >= 0.6 is 0 Å². The number of nitrogens with zero attached hydrogens (tertiary/aromatic N) is 1. The minimum Gasteiger partial charge on any atom is -0.444 e. The van der Waals surface area contributed by atoms with E-state index in [1.54, 1.807) is 7.11 Å². The van der Waals surface area contributed by atoms with Gasteiger partial charge in [0.25, 0.3) is 0 Å². The van der Waals surface area contributed by atoms with Crippen molar-refractivity contribution in [3.63, 3.8) is 0 Å². The highest BCUT2D eigenvalue weighted by molar-refractivity contribution is 5.84. The van der Waals surface area contributed by atoms with Crippen LogP contribution < -0.4 is 16.0 Å². The van der Waals surface area contributed by atoms with Gasteiger partial charge in [0.15, 0.2) is 5.96 Å². The monoisotopic (exact) mass is 432 g/mol. The molecule has 0 atom stereocenters. The van der Waals surface area contributed by atoms with Gasteiger partial charge >= 0.3 is 6.09 Å².